The van der Waals surface area contributed by atoms with Gasteiger partial charge in [0.2, 0.25) is 0 Å². The minimum absolute atomic E-state index is 0.736. The molecule has 1 heterocycles. The fraction of sp³-hybridized carbons (Fsp3) is 0.769. The molecule has 3 heteroatoms. The van der Waals surface area contributed by atoms with Crippen molar-refractivity contribution in [3.8, 4) is 0 Å². The van der Waals surface area contributed by atoms with Crippen LogP contribution < -0.4 is 5.32 Å². The third-order valence-electron chi connectivity index (χ3n) is 3.47. The van der Waals surface area contributed by atoms with Gasteiger partial charge in [0.1, 0.15) is 0 Å². The first-order chi connectivity index (χ1) is 7.74. The van der Waals surface area contributed by atoms with Crippen LogP contribution in [0.5, 0.6) is 0 Å². The van der Waals surface area contributed by atoms with Crippen molar-refractivity contribution in [3.05, 3.63) is 18.0 Å². The van der Waals surface area contributed by atoms with Crippen molar-refractivity contribution < 1.29 is 0 Å². The molecule has 0 aliphatic heterocycles. The average molecular weight is 221 g/mol. The molecule has 0 bridgehead atoms. The van der Waals surface area contributed by atoms with Gasteiger partial charge in [-0.05, 0) is 31.2 Å². The van der Waals surface area contributed by atoms with Crippen LogP contribution in [0, 0.1) is 12.8 Å². The first kappa shape index (κ1) is 11.6. The summed E-state index contributed by atoms with van der Waals surface area (Å²) in [4.78, 5) is 0. The zero-order chi connectivity index (χ0) is 11.4. The molecule has 0 aromatic carbocycles. The van der Waals surface area contributed by atoms with E-state index in [1.807, 2.05) is 10.9 Å². The van der Waals surface area contributed by atoms with Gasteiger partial charge in [0.25, 0.3) is 0 Å². The monoisotopic (exact) mass is 221 g/mol. The predicted octanol–water partition coefficient (Wildman–Crippen LogP) is 2.36. The van der Waals surface area contributed by atoms with Gasteiger partial charge in [-0.25, -0.2) is 0 Å². The molecule has 16 heavy (non-hydrogen) atoms. The number of hydrogen-bond donors (Lipinski definition) is 1. The van der Waals surface area contributed by atoms with Crippen molar-refractivity contribution >= 4 is 0 Å². The number of hydrogen-bond acceptors (Lipinski definition) is 2. The highest BCUT2D eigenvalue weighted by Crippen LogP contribution is 2.23. The second kappa shape index (κ2) is 5.48. The molecule has 2 unspecified atom stereocenters. The number of nitrogens with one attached hydrogen (secondary N) is 1. The topological polar surface area (TPSA) is 29.9 Å². The maximum absolute atomic E-state index is 4.29. The first-order valence-corrected chi connectivity index (χ1v) is 6.46. The first-order valence-electron chi connectivity index (χ1n) is 6.46. The third-order valence-corrected chi connectivity index (χ3v) is 3.47. The maximum Gasteiger partial charge on any atom is 0.0534 e. The van der Waals surface area contributed by atoms with Crippen LogP contribution in [-0.2, 0) is 6.54 Å². The van der Waals surface area contributed by atoms with Crippen molar-refractivity contribution in [1.82, 2.24) is 15.1 Å². The van der Waals surface area contributed by atoms with Gasteiger partial charge in [0.05, 0.1) is 12.7 Å². The Bertz CT molecular complexity index is 319. The molecule has 0 spiro atoms. The van der Waals surface area contributed by atoms with E-state index in [4.69, 9.17) is 0 Å². The summed E-state index contributed by atoms with van der Waals surface area (Å²) in [7, 11) is 0. The van der Waals surface area contributed by atoms with Crippen LogP contribution in [0.4, 0.5) is 0 Å². The molecule has 1 saturated carbocycles. The van der Waals surface area contributed by atoms with Crippen molar-refractivity contribution in [2.75, 3.05) is 6.54 Å². The van der Waals surface area contributed by atoms with Crippen LogP contribution in [0.1, 0.15) is 38.2 Å². The third kappa shape index (κ3) is 3.34. The van der Waals surface area contributed by atoms with Crippen LogP contribution in [0.2, 0.25) is 0 Å². The van der Waals surface area contributed by atoms with Gasteiger partial charge in [0.15, 0.2) is 0 Å². The second-order valence-electron chi connectivity index (χ2n) is 5.20. The minimum Gasteiger partial charge on any atom is -0.312 e. The lowest BCUT2D eigenvalue weighted by Gasteiger charge is -2.27. The Kier molecular flexibility index (Phi) is 3.99. The van der Waals surface area contributed by atoms with Crippen LogP contribution >= 0.6 is 0 Å². The normalized spacial score (nSPS) is 25.9. The van der Waals surface area contributed by atoms with E-state index in [0.717, 1.165) is 25.0 Å². The number of rotatable bonds is 4. The lowest BCUT2D eigenvalue weighted by molar-refractivity contribution is 0.298. The van der Waals surface area contributed by atoms with Crippen molar-refractivity contribution in [1.29, 1.82) is 0 Å². The van der Waals surface area contributed by atoms with E-state index < -0.39 is 0 Å². The molecule has 0 amide bonds. The Morgan fingerprint density at radius 1 is 1.50 bits per heavy atom. The summed E-state index contributed by atoms with van der Waals surface area (Å²) in [5.74, 6) is 0.901. The summed E-state index contributed by atoms with van der Waals surface area (Å²) in [5.41, 5.74) is 1.24. The highest BCUT2D eigenvalue weighted by atomic mass is 15.3. The predicted molar refractivity (Wildman–Crippen MR) is 66.4 cm³/mol. The molecular weight excluding hydrogens is 198 g/mol. The molecular formula is C13H23N3. The van der Waals surface area contributed by atoms with Gasteiger partial charge < -0.3 is 5.32 Å². The van der Waals surface area contributed by atoms with Crippen LogP contribution in [-0.4, -0.2) is 22.4 Å². The Balaban J connectivity index is 1.67. The molecule has 1 N–H and O–H groups in total. The highest BCUT2D eigenvalue weighted by molar-refractivity contribution is 4.99. The Hall–Kier alpha value is -0.830. The standard InChI is InChI=1S/C13H23N3/c1-11-4-3-5-13(8-11)14-6-7-16-10-12(2)9-15-16/h9-11,13-14H,3-8H2,1-2H3. The van der Waals surface area contributed by atoms with Gasteiger partial charge in [-0.15, -0.1) is 0 Å². The molecule has 1 aromatic rings. The fourth-order valence-corrected chi connectivity index (χ4v) is 2.59. The lowest BCUT2D eigenvalue weighted by Crippen LogP contribution is -2.35. The Labute approximate surface area is 98.2 Å². The molecule has 90 valence electrons. The molecule has 1 aliphatic carbocycles. The summed E-state index contributed by atoms with van der Waals surface area (Å²) in [5, 5.41) is 7.94. The van der Waals surface area contributed by atoms with Gasteiger partial charge in [0, 0.05) is 18.8 Å². The lowest BCUT2D eigenvalue weighted by atomic mass is 9.87. The highest BCUT2D eigenvalue weighted by Gasteiger charge is 2.17. The quantitative estimate of drug-likeness (QED) is 0.846. The molecule has 2 atom stereocenters. The van der Waals surface area contributed by atoms with E-state index in [0.29, 0.717) is 0 Å². The summed E-state index contributed by atoms with van der Waals surface area (Å²) < 4.78 is 2.02. The number of nitrogens with zero attached hydrogens (tertiary/aromatic N) is 2. The van der Waals surface area contributed by atoms with Crippen molar-refractivity contribution in [2.24, 2.45) is 5.92 Å². The fourth-order valence-electron chi connectivity index (χ4n) is 2.59. The van der Waals surface area contributed by atoms with E-state index in [1.54, 1.807) is 0 Å². The Morgan fingerprint density at radius 3 is 3.06 bits per heavy atom. The molecule has 0 radical (unpaired) electrons. The van der Waals surface area contributed by atoms with Gasteiger partial charge >= 0.3 is 0 Å². The SMILES string of the molecule is Cc1cnn(CCNC2CCCC(C)C2)c1. The van der Waals surface area contributed by atoms with E-state index in [1.165, 1.54) is 31.2 Å². The molecule has 2 rings (SSSR count). The van der Waals surface area contributed by atoms with Gasteiger partial charge in [-0.3, -0.25) is 4.68 Å². The molecule has 1 aliphatic rings. The van der Waals surface area contributed by atoms with E-state index in [-0.39, 0.29) is 0 Å². The smallest absolute Gasteiger partial charge is 0.0534 e. The minimum atomic E-state index is 0.736. The summed E-state index contributed by atoms with van der Waals surface area (Å²) >= 11 is 0. The summed E-state index contributed by atoms with van der Waals surface area (Å²) in [6.45, 7) is 6.47. The number of aromatic nitrogens is 2. The zero-order valence-corrected chi connectivity index (χ0v) is 10.4. The average Bonchev–Trinajstić information content (AvgIpc) is 2.64. The van der Waals surface area contributed by atoms with Crippen molar-refractivity contribution in [2.45, 2.75) is 52.1 Å². The zero-order valence-electron chi connectivity index (χ0n) is 10.4. The molecule has 3 nitrogen and oxygen atoms in total. The Morgan fingerprint density at radius 2 is 2.38 bits per heavy atom. The van der Waals surface area contributed by atoms with E-state index in [9.17, 15) is 0 Å². The van der Waals surface area contributed by atoms with Gasteiger partial charge in [-0.1, -0.05) is 19.8 Å². The largest absolute Gasteiger partial charge is 0.312 e. The van der Waals surface area contributed by atoms with Crippen LogP contribution in [0.3, 0.4) is 0 Å². The molecule has 1 fully saturated rings. The van der Waals surface area contributed by atoms with Crippen LogP contribution in [0.15, 0.2) is 12.4 Å². The maximum atomic E-state index is 4.29. The second-order valence-corrected chi connectivity index (χ2v) is 5.20. The van der Waals surface area contributed by atoms with E-state index >= 15 is 0 Å². The van der Waals surface area contributed by atoms with E-state index in [2.05, 4.69) is 30.5 Å². The molecule has 1 aromatic heterocycles. The van der Waals surface area contributed by atoms with Crippen molar-refractivity contribution in [3.63, 3.8) is 0 Å². The summed E-state index contributed by atoms with van der Waals surface area (Å²) in [6, 6.07) is 0.736. The number of aryl methyl sites for hydroxylation is 1. The molecule has 0 saturated heterocycles. The van der Waals surface area contributed by atoms with Gasteiger partial charge in [-0.2, -0.15) is 5.10 Å². The van der Waals surface area contributed by atoms with Crippen LogP contribution in [0.25, 0.3) is 0 Å². The summed E-state index contributed by atoms with van der Waals surface area (Å²) in [6.07, 6.45) is 9.52.